The molecule has 0 bridgehead atoms. The summed E-state index contributed by atoms with van der Waals surface area (Å²) in [7, 11) is 3.77. The molecule has 0 radical (unpaired) electrons. The molecule has 2 heterocycles. The molecule has 1 aromatic heterocycles. The minimum Gasteiger partial charge on any atom is -0.497 e. The summed E-state index contributed by atoms with van der Waals surface area (Å²) in [4.78, 5) is 14.8. The summed E-state index contributed by atoms with van der Waals surface area (Å²) in [6.07, 6.45) is 2.84. The summed E-state index contributed by atoms with van der Waals surface area (Å²) in [5.41, 5.74) is 2.63. The van der Waals surface area contributed by atoms with E-state index in [1.807, 2.05) is 13.1 Å². The number of ether oxygens (including phenoxy) is 1. The Morgan fingerprint density at radius 3 is 2.76 bits per heavy atom. The van der Waals surface area contributed by atoms with Gasteiger partial charge in [0.2, 0.25) is 6.29 Å². The smallest absolute Gasteiger partial charge is 0.446 e. The summed E-state index contributed by atoms with van der Waals surface area (Å²) >= 11 is 0. The number of H-pyrrole nitrogens is 1. The first-order valence-electron chi connectivity index (χ1n) is 9.93. The van der Waals surface area contributed by atoms with Gasteiger partial charge >= 0.3 is 6.18 Å². The number of methoxy groups -OCH3 is 1. The van der Waals surface area contributed by atoms with Crippen molar-refractivity contribution in [2.75, 3.05) is 33.8 Å². The number of hydrogen-bond acceptors (Lipinski definition) is 4. The summed E-state index contributed by atoms with van der Waals surface area (Å²) < 4.78 is 36.6. The van der Waals surface area contributed by atoms with E-state index < -0.39 is 12.5 Å². The maximum atomic E-state index is 10.4. The van der Waals surface area contributed by atoms with E-state index in [0.717, 1.165) is 18.7 Å². The number of halogens is 3. The largest absolute Gasteiger partial charge is 0.497 e. The molecule has 8 heteroatoms. The second kappa shape index (κ2) is 11.2. The van der Waals surface area contributed by atoms with Crippen molar-refractivity contribution in [2.45, 2.75) is 44.3 Å². The van der Waals surface area contributed by atoms with Crippen LogP contribution in [0.1, 0.15) is 31.2 Å². The molecular weight excluding hydrogens is 383 g/mol. The van der Waals surface area contributed by atoms with Crippen molar-refractivity contribution in [2.24, 2.45) is 0 Å². The molecule has 1 aliphatic rings. The number of nitrogens with zero attached hydrogens (tertiary/aromatic N) is 1. The molecule has 1 fully saturated rings. The summed E-state index contributed by atoms with van der Waals surface area (Å²) in [6, 6.07) is 6.98. The fourth-order valence-electron chi connectivity index (χ4n) is 3.74. The first kappa shape index (κ1) is 23.2. The van der Waals surface area contributed by atoms with Crippen LogP contribution in [0.4, 0.5) is 13.2 Å². The molecule has 29 heavy (non-hydrogen) atoms. The van der Waals surface area contributed by atoms with Crippen molar-refractivity contribution in [3.8, 4) is 5.75 Å². The normalized spacial score (nSPS) is 17.2. The molecule has 0 aliphatic carbocycles. The monoisotopic (exact) mass is 413 g/mol. The fourth-order valence-corrected chi connectivity index (χ4v) is 3.74. The van der Waals surface area contributed by atoms with Gasteiger partial charge in [-0.05, 0) is 82.5 Å². The van der Waals surface area contributed by atoms with Crippen molar-refractivity contribution in [1.82, 2.24) is 15.2 Å². The number of likely N-dealkylation sites (tertiary alicyclic amines) is 1. The van der Waals surface area contributed by atoms with E-state index >= 15 is 0 Å². The third kappa shape index (κ3) is 7.36. The number of carbonyl (C=O) groups excluding carboxylic acids is 1. The van der Waals surface area contributed by atoms with Gasteiger partial charge in [0, 0.05) is 23.1 Å². The molecule has 0 spiro atoms. The number of aromatic amines is 1. The number of nitrogens with one attached hydrogen (secondary N) is 2. The topological polar surface area (TPSA) is 57.4 Å². The van der Waals surface area contributed by atoms with Crippen LogP contribution in [0, 0.1) is 0 Å². The van der Waals surface area contributed by atoms with Crippen LogP contribution in [0.5, 0.6) is 5.75 Å². The van der Waals surface area contributed by atoms with Crippen molar-refractivity contribution in [1.29, 1.82) is 0 Å². The van der Waals surface area contributed by atoms with Crippen molar-refractivity contribution >= 4 is 17.2 Å². The van der Waals surface area contributed by atoms with Gasteiger partial charge in [0.1, 0.15) is 5.75 Å². The fraction of sp³-hybridized carbons (Fsp3) is 0.571. The Morgan fingerprint density at radius 2 is 2.10 bits per heavy atom. The van der Waals surface area contributed by atoms with E-state index in [2.05, 4.69) is 33.5 Å². The van der Waals surface area contributed by atoms with Crippen molar-refractivity contribution in [3.63, 3.8) is 0 Å². The number of alkyl halides is 3. The second-order valence-corrected chi connectivity index (χ2v) is 7.23. The Balaban J connectivity index is 0.000000438. The van der Waals surface area contributed by atoms with E-state index in [1.54, 1.807) is 7.11 Å². The molecule has 2 aromatic rings. The van der Waals surface area contributed by atoms with Gasteiger partial charge in [-0.2, -0.15) is 13.2 Å². The maximum absolute atomic E-state index is 10.4. The van der Waals surface area contributed by atoms with Crippen LogP contribution in [0.3, 0.4) is 0 Å². The third-order valence-electron chi connectivity index (χ3n) is 5.18. The maximum Gasteiger partial charge on any atom is 0.446 e. The number of benzene rings is 1. The lowest BCUT2D eigenvalue weighted by molar-refractivity contribution is -0.156. The summed E-state index contributed by atoms with van der Waals surface area (Å²) in [5.74, 6) is 0.939. The van der Waals surface area contributed by atoms with E-state index in [1.165, 1.54) is 55.2 Å². The van der Waals surface area contributed by atoms with Gasteiger partial charge in [-0.1, -0.05) is 0 Å². The zero-order valence-corrected chi connectivity index (χ0v) is 17.0. The van der Waals surface area contributed by atoms with Crippen LogP contribution in [-0.4, -0.2) is 62.2 Å². The van der Waals surface area contributed by atoms with Crippen LogP contribution in [-0.2, 0) is 11.2 Å². The Kier molecular flexibility index (Phi) is 8.98. The molecular formula is C21H30F3N3O2. The highest BCUT2D eigenvalue weighted by atomic mass is 19.4. The minimum atomic E-state index is -4.64. The van der Waals surface area contributed by atoms with Gasteiger partial charge < -0.3 is 19.9 Å². The number of fused-ring (bicyclic) bond motifs is 1. The Morgan fingerprint density at radius 1 is 1.34 bits per heavy atom. The highest BCUT2D eigenvalue weighted by Crippen LogP contribution is 2.28. The number of rotatable bonds is 8. The van der Waals surface area contributed by atoms with Crippen molar-refractivity contribution < 1.29 is 22.7 Å². The van der Waals surface area contributed by atoms with Gasteiger partial charge in [0.05, 0.1) is 7.11 Å². The molecule has 1 unspecified atom stereocenters. The number of hydrogen-bond donors (Lipinski definition) is 2. The average molecular weight is 413 g/mol. The lowest BCUT2D eigenvalue weighted by atomic mass is 10.0. The minimum absolute atomic E-state index is 0.690. The van der Waals surface area contributed by atoms with Crippen LogP contribution >= 0.6 is 0 Å². The number of unbranched alkanes of at least 4 members (excludes halogenated alkanes) is 1. The quantitative estimate of drug-likeness (QED) is 0.509. The van der Waals surface area contributed by atoms with Crippen molar-refractivity contribution in [3.05, 3.63) is 30.0 Å². The molecule has 162 valence electrons. The van der Waals surface area contributed by atoms with Crippen LogP contribution in [0.2, 0.25) is 0 Å². The predicted molar refractivity (Wildman–Crippen MR) is 108 cm³/mol. The SMILES string of the molecule is CNCCCCN1CCCC1Cc1c[nH]c2ccc(OC)cc12.O=CC(F)(F)F. The van der Waals surface area contributed by atoms with Crippen LogP contribution in [0.15, 0.2) is 24.4 Å². The highest BCUT2D eigenvalue weighted by molar-refractivity contribution is 5.84. The molecule has 1 saturated heterocycles. The molecule has 2 N–H and O–H groups in total. The molecule has 0 saturated carbocycles. The summed E-state index contributed by atoms with van der Waals surface area (Å²) in [5, 5.41) is 4.55. The highest BCUT2D eigenvalue weighted by Gasteiger charge is 2.25. The molecule has 5 nitrogen and oxygen atoms in total. The molecule has 1 aromatic carbocycles. The Hall–Kier alpha value is -2.06. The van der Waals surface area contributed by atoms with Crippen LogP contribution < -0.4 is 10.1 Å². The summed E-state index contributed by atoms with van der Waals surface area (Å²) in [6.45, 7) is 3.62. The lowest BCUT2D eigenvalue weighted by Crippen LogP contribution is -2.32. The number of aldehydes is 1. The molecule has 1 atom stereocenters. The standard InChI is InChI=1S/C19H29N3O.C2HF3O/c1-20-9-3-4-10-22-11-5-6-16(22)12-15-14-21-19-8-7-17(23-2)13-18(15)19;3-2(4,5)1-6/h7-8,13-14,16,20-21H,3-6,9-12H2,1-2H3;1H. The van der Waals surface area contributed by atoms with E-state index in [4.69, 9.17) is 9.53 Å². The molecule has 1 aliphatic heterocycles. The first-order valence-corrected chi connectivity index (χ1v) is 9.93. The van der Waals surface area contributed by atoms with Gasteiger partial charge in [-0.3, -0.25) is 4.79 Å². The zero-order chi connectivity index (χ0) is 21.3. The Labute approximate surface area is 169 Å². The van der Waals surface area contributed by atoms with Gasteiger partial charge in [-0.15, -0.1) is 0 Å². The predicted octanol–water partition coefficient (Wildman–Crippen LogP) is 3.93. The molecule has 0 amide bonds. The third-order valence-corrected chi connectivity index (χ3v) is 5.18. The number of aromatic nitrogens is 1. The second-order valence-electron chi connectivity index (χ2n) is 7.23. The Bertz CT molecular complexity index is 761. The van der Waals surface area contributed by atoms with Gasteiger partial charge in [0.25, 0.3) is 0 Å². The van der Waals surface area contributed by atoms with Gasteiger partial charge in [0.15, 0.2) is 0 Å². The number of carbonyl (C=O) groups is 1. The zero-order valence-electron chi connectivity index (χ0n) is 17.0. The van der Waals surface area contributed by atoms with E-state index in [9.17, 15) is 13.2 Å². The van der Waals surface area contributed by atoms with Crippen LogP contribution in [0.25, 0.3) is 10.9 Å². The molecule has 3 rings (SSSR count). The van der Waals surface area contributed by atoms with E-state index in [0.29, 0.717) is 6.04 Å². The van der Waals surface area contributed by atoms with E-state index in [-0.39, 0.29) is 0 Å². The first-order chi connectivity index (χ1) is 13.9. The average Bonchev–Trinajstić information content (AvgIpc) is 3.32. The lowest BCUT2D eigenvalue weighted by Gasteiger charge is -2.24. The van der Waals surface area contributed by atoms with Gasteiger partial charge in [-0.25, -0.2) is 0 Å².